The summed E-state index contributed by atoms with van der Waals surface area (Å²) in [4.78, 5) is 11.5. The summed E-state index contributed by atoms with van der Waals surface area (Å²) in [5.41, 5.74) is 5.55. The molecule has 1 saturated heterocycles. The van der Waals surface area contributed by atoms with Crippen LogP contribution in [0, 0.1) is 17.3 Å². The Morgan fingerprint density at radius 3 is 2.44 bits per heavy atom. The molecule has 0 bridgehead atoms. The molecular formula is C31H49IO4. The molecule has 0 radical (unpaired) electrons. The molecule has 0 aromatic carbocycles. The van der Waals surface area contributed by atoms with E-state index in [0.29, 0.717) is 4.43 Å². The molecule has 1 fully saturated rings. The minimum absolute atomic E-state index is 0.00550. The minimum atomic E-state index is -2.29. The van der Waals surface area contributed by atoms with Gasteiger partial charge in [0.05, 0.1) is 0 Å². The van der Waals surface area contributed by atoms with Crippen LogP contribution in [0.2, 0.25) is 0 Å². The van der Waals surface area contributed by atoms with Gasteiger partial charge in [-0.3, -0.25) is 0 Å². The second kappa shape index (κ2) is 14.1. The molecule has 2 aliphatic rings. The number of allylic oxidation sites excluding steroid dienone is 9. The Hall–Kier alpha value is -1.18. The van der Waals surface area contributed by atoms with E-state index >= 15 is 0 Å². The van der Waals surface area contributed by atoms with Gasteiger partial charge in [-0.15, -0.1) is 0 Å². The predicted octanol–water partition coefficient (Wildman–Crippen LogP) is 8.27. The van der Waals surface area contributed by atoms with E-state index in [-0.39, 0.29) is 41.5 Å². The normalized spacial score (nSPS) is 30.3. The van der Waals surface area contributed by atoms with Gasteiger partial charge in [0.2, 0.25) is 0 Å². The topological polar surface area (TPSA) is 55.8 Å². The molecule has 4 nitrogen and oxygen atoms in total. The van der Waals surface area contributed by atoms with Crippen LogP contribution in [0.25, 0.3) is 0 Å². The Morgan fingerprint density at radius 2 is 1.83 bits per heavy atom. The van der Waals surface area contributed by atoms with E-state index < -0.39 is 20.2 Å². The van der Waals surface area contributed by atoms with Gasteiger partial charge in [-0.1, -0.05) is 0 Å². The van der Waals surface area contributed by atoms with Crippen LogP contribution < -0.4 is 0 Å². The van der Waals surface area contributed by atoms with E-state index in [0.717, 1.165) is 12.0 Å². The second-order valence-electron chi connectivity index (χ2n) is 11.3. The molecule has 2 rings (SSSR count). The molecule has 1 aliphatic heterocycles. The maximum atomic E-state index is 11.5. The van der Waals surface area contributed by atoms with Gasteiger partial charge in [0.15, 0.2) is 0 Å². The van der Waals surface area contributed by atoms with Gasteiger partial charge in [0.1, 0.15) is 0 Å². The molecule has 0 amide bonds. The van der Waals surface area contributed by atoms with Gasteiger partial charge >= 0.3 is 229 Å². The maximum absolute atomic E-state index is 11.5. The average molecular weight is 613 g/mol. The van der Waals surface area contributed by atoms with Gasteiger partial charge in [-0.05, 0) is 0 Å². The van der Waals surface area contributed by atoms with Gasteiger partial charge in [0.25, 0.3) is 0 Å². The van der Waals surface area contributed by atoms with Crippen molar-refractivity contribution in [3.63, 3.8) is 0 Å². The number of alkyl halides is 1. The van der Waals surface area contributed by atoms with Crippen LogP contribution in [0.3, 0.4) is 0 Å². The van der Waals surface area contributed by atoms with E-state index in [4.69, 9.17) is 9.47 Å². The SMILES string of the molecule is CCC1OC(CI(O)/C=C(C)/C=C/C=C(C)/C=C/C2=C(C)CCCC2(C)C)C(C)C(C)C1OC(C)=O. The van der Waals surface area contributed by atoms with Crippen molar-refractivity contribution < 1.29 is 17.7 Å². The molecule has 5 heteroatoms. The van der Waals surface area contributed by atoms with Crippen LogP contribution in [0.5, 0.6) is 0 Å². The molecular weight excluding hydrogens is 563 g/mol. The van der Waals surface area contributed by atoms with Gasteiger partial charge < -0.3 is 0 Å². The number of rotatable bonds is 9. The van der Waals surface area contributed by atoms with E-state index in [2.05, 4.69) is 82.9 Å². The van der Waals surface area contributed by atoms with Crippen molar-refractivity contribution in [2.75, 3.05) is 4.43 Å². The molecule has 0 aromatic rings. The number of esters is 1. The third-order valence-electron chi connectivity index (χ3n) is 7.74. The fourth-order valence-corrected chi connectivity index (χ4v) is 8.85. The fourth-order valence-electron chi connectivity index (χ4n) is 5.35. The van der Waals surface area contributed by atoms with Crippen LogP contribution in [0.15, 0.2) is 56.8 Å². The quantitative estimate of drug-likeness (QED) is 0.123. The third kappa shape index (κ3) is 8.98. The Morgan fingerprint density at radius 1 is 1.14 bits per heavy atom. The van der Waals surface area contributed by atoms with Crippen molar-refractivity contribution in [2.24, 2.45) is 17.3 Å². The molecule has 204 valence electrons. The monoisotopic (exact) mass is 612 g/mol. The standard InChI is InChI=1S/C31H49IO4/c1-10-28-30(35-26(7)33)25(6)24(5)29(36-28)20-32(34)19-22(3)14-11-13-21(2)16-17-27-23(4)15-12-18-31(27,8)9/h11,13-14,16-17,19,24-25,28-30,34H,10,12,15,18,20H2,1-9H3/b14-11+,17-16+,21-13+,22-19+. The van der Waals surface area contributed by atoms with Crippen LogP contribution in [-0.4, -0.2) is 32.1 Å². The van der Waals surface area contributed by atoms with Crippen LogP contribution >= 0.6 is 20.2 Å². The van der Waals surface area contributed by atoms with Gasteiger partial charge in [-0.2, -0.15) is 0 Å². The number of carbonyl (C=O) groups excluding carboxylic acids is 1. The van der Waals surface area contributed by atoms with Crippen molar-refractivity contribution in [3.05, 3.63) is 56.8 Å². The molecule has 1 N–H and O–H groups in total. The summed E-state index contributed by atoms with van der Waals surface area (Å²) < 4.78 is 25.6. The number of ether oxygens (including phenoxy) is 2. The molecule has 5 unspecified atom stereocenters. The Kier molecular flexibility index (Phi) is 12.2. The van der Waals surface area contributed by atoms with E-state index in [1.165, 1.54) is 42.9 Å². The van der Waals surface area contributed by atoms with Gasteiger partial charge in [0, 0.05) is 0 Å². The summed E-state index contributed by atoms with van der Waals surface area (Å²) in [5, 5.41) is 0. The van der Waals surface area contributed by atoms with Crippen molar-refractivity contribution in [2.45, 2.75) is 106 Å². The van der Waals surface area contributed by atoms with Gasteiger partial charge in [-0.25, -0.2) is 0 Å². The third-order valence-corrected chi connectivity index (χ3v) is 11.2. The number of carbonyl (C=O) groups is 1. The first kappa shape index (κ1) is 31.0. The molecule has 1 aliphatic carbocycles. The number of hydrogen-bond acceptors (Lipinski definition) is 4. The molecule has 0 spiro atoms. The summed E-state index contributed by atoms with van der Waals surface area (Å²) in [6, 6.07) is 0. The summed E-state index contributed by atoms with van der Waals surface area (Å²) in [7, 11) is 0. The van der Waals surface area contributed by atoms with Crippen molar-refractivity contribution in [1.82, 2.24) is 0 Å². The first-order chi connectivity index (χ1) is 16.9. The van der Waals surface area contributed by atoms with Crippen LogP contribution in [-0.2, 0) is 14.3 Å². The zero-order valence-corrected chi connectivity index (χ0v) is 26.1. The Labute approximate surface area is 227 Å². The van der Waals surface area contributed by atoms with E-state index in [9.17, 15) is 8.23 Å². The van der Waals surface area contributed by atoms with Crippen molar-refractivity contribution in [1.29, 1.82) is 0 Å². The molecule has 0 aromatic heterocycles. The van der Waals surface area contributed by atoms with E-state index in [1.807, 2.05) is 6.92 Å². The first-order valence-corrected chi connectivity index (χ1v) is 17.2. The van der Waals surface area contributed by atoms with Crippen LogP contribution in [0.1, 0.15) is 88.0 Å². The number of hydrogen-bond donors (Lipinski definition) is 1. The summed E-state index contributed by atoms with van der Waals surface area (Å²) in [5.74, 6) is 0.163. The molecule has 36 heavy (non-hydrogen) atoms. The fraction of sp³-hybridized carbons (Fsp3) is 0.645. The zero-order chi connectivity index (χ0) is 27.0. The van der Waals surface area contributed by atoms with E-state index in [1.54, 1.807) is 0 Å². The predicted molar refractivity (Wildman–Crippen MR) is 160 cm³/mol. The molecule has 0 saturated carbocycles. The Bertz CT molecular complexity index is 906. The van der Waals surface area contributed by atoms with Crippen molar-refractivity contribution >= 4 is 26.2 Å². The molecule has 1 heterocycles. The summed E-state index contributed by atoms with van der Waals surface area (Å²) in [6.45, 7) is 18.9. The summed E-state index contributed by atoms with van der Waals surface area (Å²) in [6.07, 6.45) is 15.0. The Balaban J connectivity index is 1.97. The van der Waals surface area contributed by atoms with Crippen molar-refractivity contribution in [3.8, 4) is 0 Å². The second-order valence-corrected chi connectivity index (χ2v) is 15.0. The van der Waals surface area contributed by atoms with Crippen LogP contribution in [0.4, 0.5) is 0 Å². The number of halogens is 1. The average Bonchev–Trinajstić information content (AvgIpc) is 2.77. The zero-order valence-electron chi connectivity index (χ0n) is 23.9. The molecule has 5 atom stereocenters. The first-order valence-electron chi connectivity index (χ1n) is 13.4. The summed E-state index contributed by atoms with van der Waals surface area (Å²) >= 11 is -2.29.